The Hall–Kier alpha value is -4.23. The molecule has 1 aromatic carbocycles. The Bertz CT molecular complexity index is 1850. The molecule has 1 fully saturated rings. The van der Waals surface area contributed by atoms with E-state index in [2.05, 4.69) is 16.7 Å². The lowest BCUT2D eigenvalue weighted by Crippen LogP contribution is -2.62. The number of nitrogens with zero attached hydrogens (tertiary/aromatic N) is 5. The number of rotatable bonds is 16. The molecule has 4 N–H and O–H groups in total. The van der Waals surface area contributed by atoms with Crippen LogP contribution in [0.5, 0.6) is 17.2 Å². The lowest BCUT2D eigenvalue weighted by Gasteiger charge is -2.48. The summed E-state index contributed by atoms with van der Waals surface area (Å²) in [5, 5.41) is 31.2. The third-order valence-electron chi connectivity index (χ3n) is 11.8. The summed E-state index contributed by atoms with van der Waals surface area (Å²) in [4.78, 5) is 61.6. The number of aromatic nitrogens is 1. The first-order valence-corrected chi connectivity index (χ1v) is 22.7. The molecule has 1 aromatic heterocycles. The monoisotopic (exact) mass is 859 g/mol. The van der Waals surface area contributed by atoms with Crippen LogP contribution in [0.15, 0.2) is 24.3 Å². The molecule has 0 radical (unpaired) electrons. The van der Waals surface area contributed by atoms with E-state index in [1.807, 2.05) is 42.4 Å². The van der Waals surface area contributed by atoms with Gasteiger partial charge in [0, 0.05) is 81.3 Å². The predicted octanol–water partition coefficient (Wildman–Crippen LogP) is 4.29. The Labute approximate surface area is 355 Å². The summed E-state index contributed by atoms with van der Waals surface area (Å²) < 4.78 is 29.8. The van der Waals surface area contributed by atoms with Gasteiger partial charge in [0.2, 0.25) is 7.37 Å². The van der Waals surface area contributed by atoms with E-state index in [1.54, 1.807) is 39.0 Å². The van der Waals surface area contributed by atoms with Crippen LogP contribution in [0.3, 0.4) is 0 Å². The Balaban J connectivity index is 2.32. The zero-order chi connectivity index (χ0) is 45.1. The molecule has 334 valence electrons. The largest absolute Gasteiger partial charge is 0.496 e. The Kier molecular flexibility index (Phi) is 18.9. The molecule has 1 saturated heterocycles. The SMILES string of the molecule is CC[C@H]1CN([C@H](C)C(=O)O)[C@@H](CC)CN([C@H](C)C(=O)O)[C@@H](CC)CN([C@H](C)C(=O)O)[C@@H](CC)CN1Cc1cc(C#Cc2c(OC)cc(OC)cc2OC)cc(P(C)(=O)O)n1. The lowest BCUT2D eigenvalue weighted by atomic mass is 9.99. The summed E-state index contributed by atoms with van der Waals surface area (Å²) >= 11 is 0. The van der Waals surface area contributed by atoms with E-state index in [0.29, 0.717) is 66.3 Å². The topological polar surface area (TPSA) is 203 Å². The van der Waals surface area contributed by atoms with E-state index < -0.39 is 43.4 Å². The van der Waals surface area contributed by atoms with Gasteiger partial charge in [-0.3, -0.25) is 38.5 Å². The molecule has 60 heavy (non-hydrogen) atoms. The van der Waals surface area contributed by atoms with Crippen LogP contribution in [-0.2, 0) is 25.5 Å². The van der Waals surface area contributed by atoms with Crippen molar-refractivity contribution in [1.82, 2.24) is 24.6 Å². The van der Waals surface area contributed by atoms with Gasteiger partial charge in [-0.2, -0.15) is 0 Å². The van der Waals surface area contributed by atoms with Gasteiger partial charge in [-0.15, -0.1) is 0 Å². The number of carboxylic acids is 3. The average Bonchev–Trinajstić information content (AvgIpc) is 3.21. The molecule has 0 amide bonds. The molecular weight excluding hydrogens is 793 g/mol. The van der Waals surface area contributed by atoms with E-state index in [4.69, 9.17) is 19.2 Å². The van der Waals surface area contributed by atoms with Crippen molar-refractivity contribution >= 4 is 30.7 Å². The number of hydrogen-bond acceptors (Lipinski definition) is 12. The van der Waals surface area contributed by atoms with Crippen LogP contribution in [0.25, 0.3) is 0 Å². The second-order valence-electron chi connectivity index (χ2n) is 15.6. The molecule has 3 rings (SSSR count). The minimum Gasteiger partial charge on any atom is -0.496 e. The van der Waals surface area contributed by atoms with Crippen molar-refractivity contribution in [3.8, 4) is 29.1 Å². The van der Waals surface area contributed by atoms with Crippen LogP contribution in [0.1, 0.15) is 91.0 Å². The fraction of sp³-hybridized carbons (Fsp3) is 0.628. The number of pyridine rings is 1. The van der Waals surface area contributed by atoms with Crippen molar-refractivity contribution in [3.63, 3.8) is 0 Å². The van der Waals surface area contributed by atoms with Gasteiger partial charge < -0.3 is 34.4 Å². The van der Waals surface area contributed by atoms with E-state index in [0.717, 1.165) is 0 Å². The molecule has 1 aliphatic rings. The molecule has 0 bridgehead atoms. The van der Waals surface area contributed by atoms with Crippen LogP contribution in [0.2, 0.25) is 0 Å². The van der Waals surface area contributed by atoms with Crippen molar-refractivity contribution < 1.29 is 53.4 Å². The number of methoxy groups -OCH3 is 3. The van der Waals surface area contributed by atoms with E-state index in [-0.39, 0.29) is 55.8 Å². The van der Waals surface area contributed by atoms with Gasteiger partial charge in [0.25, 0.3) is 0 Å². The number of aliphatic carboxylic acids is 3. The summed E-state index contributed by atoms with van der Waals surface area (Å²) in [6, 6.07) is 2.43. The van der Waals surface area contributed by atoms with E-state index >= 15 is 0 Å². The first-order chi connectivity index (χ1) is 28.3. The smallest absolute Gasteiger partial charge is 0.320 e. The summed E-state index contributed by atoms with van der Waals surface area (Å²) in [5.41, 5.74) is 1.25. The fourth-order valence-electron chi connectivity index (χ4n) is 7.96. The van der Waals surface area contributed by atoms with Gasteiger partial charge in [-0.05, 0) is 58.6 Å². The number of benzene rings is 1. The van der Waals surface area contributed by atoms with Crippen molar-refractivity contribution in [2.75, 3.05) is 54.2 Å². The van der Waals surface area contributed by atoms with Crippen LogP contribution in [0.4, 0.5) is 0 Å². The molecule has 0 saturated carbocycles. The maximum absolute atomic E-state index is 13.3. The maximum atomic E-state index is 13.3. The normalized spacial score (nSPS) is 22.7. The third-order valence-corrected chi connectivity index (χ3v) is 12.9. The van der Waals surface area contributed by atoms with Gasteiger partial charge in [0.05, 0.1) is 27.0 Å². The number of carbonyl (C=O) groups is 3. The van der Waals surface area contributed by atoms with Crippen molar-refractivity contribution in [3.05, 3.63) is 41.1 Å². The van der Waals surface area contributed by atoms with Gasteiger partial charge in [-0.1, -0.05) is 39.5 Å². The highest BCUT2D eigenvalue weighted by molar-refractivity contribution is 7.65. The zero-order valence-corrected chi connectivity index (χ0v) is 37.9. The molecule has 17 heteroatoms. The molecule has 2 aromatic rings. The number of hydrogen-bond donors (Lipinski definition) is 4. The van der Waals surface area contributed by atoms with Crippen LogP contribution < -0.4 is 19.6 Å². The minimum absolute atomic E-state index is 0.0425. The molecule has 8 atom stereocenters. The summed E-state index contributed by atoms with van der Waals surface area (Å²) in [7, 11) is 0.615. The fourth-order valence-corrected chi connectivity index (χ4v) is 8.65. The van der Waals surface area contributed by atoms with Crippen molar-refractivity contribution in [2.24, 2.45) is 0 Å². The standard InChI is InChI=1S/C43H66N5O11P/c1-12-32-24-46(27(5)41(49)50)34(14-3)26-48(29(7)43(53)54)35(15-4)25-47(28(6)42(51)52)33(13-2)23-45(32)22-31-18-30(19-40(44-31)60(11,55)56)16-17-37-38(58-9)20-36(57-8)21-39(37)59-10/h18-21,27-29,32-35H,12-15,22-26H2,1-11H3,(H,49,50)(H,51,52)(H,53,54)(H,55,56)/t27-,28-,29-,32+,33+,34+,35+/m1/s1. The average molecular weight is 860 g/mol. The first-order valence-electron chi connectivity index (χ1n) is 20.6. The quantitative estimate of drug-likeness (QED) is 0.137. The summed E-state index contributed by atoms with van der Waals surface area (Å²) in [5.74, 6) is 4.51. The van der Waals surface area contributed by atoms with Gasteiger partial charge in [0.15, 0.2) is 0 Å². The van der Waals surface area contributed by atoms with Crippen LogP contribution in [0, 0.1) is 11.8 Å². The molecule has 2 heterocycles. The third kappa shape index (κ3) is 12.7. The molecule has 0 spiro atoms. The molecule has 16 nitrogen and oxygen atoms in total. The van der Waals surface area contributed by atoms with Crippen molar-refractivity contribution in [2.45, 2.75) is 123 Å². The van der Waals surface area contributed by atoms with Crippen molar-refractivity contribution in [1.29, 1.82) is 0 Å². The van der Waals surface area contributed by atoms with Crippen LogP contribution in [-0.4, -0.2) is 159 Å². The summed E-state index contributed by atoms with van der Waals surface area (Å²) in [6.45, 7) is 15.3. The Morgan fingerprint density at radius 3 is 1.48 bits per heavy atom. The first kappa shape index (κ1) is 50.1. The van der Waals surface area contributed by atoms with E-state index in [9.17, 15) is 39.2 Å². The van der Waals surface area contributed by atoms with Gasteiger partial charge in [0.1, 0.15) is 46.4 Å². The van der Waals surface area contributed by atoms with Gasteiger partial charge >= 0.3 is 17.9 Å². The summed E-state index contributed by atoms with van der Waals surface area (Å²) in [6.07, 6.45) is 2.15. The maximum Gasteiger partial charge on any atom is 0.320 e. The highest BCUT2D eigenvalue weighted by Crippen LogP contribution is 2.35. The highest BCUT2D eigenvalue weighted by Gasteiger charge is 2.40. The van der Waals surface area contributed by atoms with Gasteiger partial charge in [-0.25, -0.2) is 4.98 Å². The minimum atomic E-state index is -3.91. The number of ether oxygens (including phenoxy) is 3. The predicted molar refractivity (Wildman–Crippen MR) is 230 cm³/mol. The highest BCUT2D eigenvalue weighted by atomic mass is 31.2. The Morgan fingerprint density at radius 2 is 1.12 bits per heavy atom. The molecule has 1 unspecified atom stereocenters. The van der Waals surface area contributed by atoms with Crippen LogP contribution >= 0.6 is 7.37 Å². The second kappa shape index (κ2) is 22.6. The lowest BCUT2D eigenvalue weighted by molar-refractivity contribution is -0.149. The molecule has 0 aliphatic carbocycles. The molecular formula is C43H66N5O11P. The van der Waals surface area contributed by atoms with E-state index in [1.165, 1.54) is 34.1 Å². The second-order valence-corrected chi connectivity index (χ2v) is 17.8. The zero-order valence-electron chi connectivity index (χ0n) is 37.0. The Morgan fingerprint density at radius 1 is 0.700 bits per heavy atom. The molecule has 1 aliphatic heterocycles. The number of carboxylic acid groups (broad SMARTS) is 3.